The lowest BCUT2D eigenvalue weighted by Gasteiger charge is -2.16. The Labute approximate surface area is 213 Å². The summed E-state index contributed by atoms with van der Waals surface area (Å²) in [5.74, 6) is -0.706. The molecule has 0 spiro atoms. The van der Waals surface area contributed by atoms with Gasteiger partial charge >= 0.3 is 0 Å². The number of aryl methyl sites for hydroxylation is 2. The van der Waals surface area contributed by atoms with Crippen molar-refractivity contribution in [2.75, 3.05) is 5.75 Å². The number of carbonyl (C=O) groups excluding carboxylic acids is 1. The van der Waals surface area contributed by atoms with Crippen molar-refractivity contribution in [1.29, 1.82) is 0 Å². The number of carbonyl (C=O) groups is 1. The van der Waals surface area contributed by atoms with E-state index in [1.807, 2.05) is 17.5 Å². The molecule has 8 nitrogen and oxygen atoms in total. The molecule has 1 amide bonds. The van der Waals surface area contributed by atoms with E-state index in [9.17, 15) is 14.7 Å². The van der Waals surface area contributed by atoms with Gasteiger partial charge in [-0.15, -0.1) is 21.6 Å². The van der Waals surface area contributed by atoms with Gasteiger partial charge in [-0.1, -0.05) is 48.2 Å². The van der Waals surface area contributed by atoms with Gasteiger partial charge in [-0.2, -0.15) is 0 Å². The average Bonchev–Trinajstić information content (AvgIpc) is 3.46. The van der Waals surface area contributed by atoms with Gasteiger partial charge in [-0.3, -0.25) is 9.59 Å². The highest BCUT2D eigenvalue weighted by Gasteiger charge is 2.17. The molecule has 1 aliphatic rings. The number of aromatic amines is 2. The van der Waals surface area contributed by atoms with Gasteiger partial charge in [0.15, 0.2) is 10.8 Å². The highest BCUT2D eigenvalue weighted by molar-refractivity contribution is 7.99. The number of aromatic nitrogens is 3. The molecule has 0 atom stereocenters. The van der Waals surface area contributed by atoms with E-state index in [2.05, 4.69) is 43.4 Å². The van der Waals surface area contributed by atoms with Gasteiger partial charge in [0, 0.05) is 16.3 Å². The van der Waals surface area contributed by atoms with Crippen LogP contribution in [0.15, 0.2) is 68.0 Å². The predicted molar refractivity (Wildman–Crippen MR) is 143 cm³/mol. The molecular weight excluding hydrogens is 494 g/mol. The minimum absolute atomic E-state index is 0.0515. The fourth-order valence-electron chi connectivity index (χ4n) is 4.59. The summed E-state index contributed by atoms with van der Waals surface area (Å²) < 4.78 is 0. The van der Waals surface area contributed by atoms with Crippen molar-refractivity contribution in [2.45, 2.75) is 30.8 Å². The van der Waals surface area contributed by atoms with E-state index in [1.54, 1.807) is 12.1 Å². The zero-order valence-corrected chi connectivity index (χ0v) is 20.7. The molecule has 2 aromatic carbocycles. The molecule has 6 rings (SSSR count). The molecule has 0 saturated heterocycles. The molecule has 180 valence electrons. The number of amides is 1. The van der Waals surface area contributed by atoms with E-state index in [0.29, 0.717) is 26.3 Å². The first kappa shape index (κ1) is 22.7. The largest absolute Gasteiger partial charge is 0.493 e. The second-order valence-corrected chi connectivity index (χ2v) is 10.5. The Hall–Kier alpha value is -3.76. The normalized spacial score (nSPS) is 13.6. The Kier molecular flexibility index (Phi) is 5.90. The molecule has 3 heterocycles. The SMILES string of the molecule is O=C(CSc1nc2scc(-c3ccc4c(c3)CCCC4)c2c(=O)[nH]1)N=Nc1c(O)[nH]c2ccccc12. The zero-order valence-electron chi connectivity index (χ0n) is 19.1. The number of benzene rings is 2. The Morgan fingerprint density at radius 2 is 1.94 bits per heavy atom. The number of thiophene rings is 1. The van der Waals surface area contributed by atoms with Gasteiger partial charge in [0.1, 0.15) is 4.83 Å². The molecule has 0 saturated carbocycles. The summed E-state index contributed by atoms with van der Waals surface area (Å²) in [5, 5.41) is 21.3. The number of hydrogen-bond acceptors (Lipinski definition) is 7. The maximum Gasteiger partial charge on any atom is 0.275 e. The molecule has 0 aliphatic heterocycles. The fraction of sp³-hybridized carbons (Fsp3) is 0.192. The third-order valence-electron chi connectivity index (χ3n) is 6.34. The maximum absolute atomic E-state index is 13.0. The lowest BCUT2D eigenvalue weighted by atomic mass is 9.89. The number of nitrogens with zero attached hydrogens (tertiary/aromatic N) is 3. The molecule has 3 N–H and O–H groups in total. The van der Waals surface area contributed by atoms with Crippen molar-refractivity contribution in [3.63, 3.8) is 0 Å². The first-order valence-corrected chi connectivity index (χ1v) is 13.4. The van der Waals surface area contributed by atoms with E-state index < -0.39 is 5.91 Å². The van der Waals surface area contributed by atoms with Crippen molar-refractivity contribution in [3.05, 3.63) is 69.3 Å². The summed E-state index contributed by atoms with van der Waals surface area (Å²) in [6, 6.07) is 13.7. The number of para-hydroxylation sites is 1. The molecule has 0 bridgehead atoms. The standard InChI is InChI=1S/C26H21N5O3S2/c32-20(30-31-22-17-7-3-4-8-19(17)27-24(22)34)13-36-26-28-23(33)21-18(12-35-25(21)29-26)16-10-9-14-5-1-2-6-15(14)11-16/h3-4,7-12,27,34H,1-2,5-6,13H2,(H,28,29,33). The van der Waals surface area contributed by atoms with Gasteiger partial charge in [0.25, 0.3) is 11.5 Å². The van der Waals surface area contributed by atoms with Gasteiger partial charge in [-0.05, 0) is 48.4 Å². The molecule has 36 heavy (non-hydrogen) atoms. The number of fused-ring (bicyclic) bond motifs is 3. The highest BCUT2D eigenvalue weighted by atomic mass is 32.2. The highest BCUT2D eigenvalue weighted by Crippen LogP contribution is 2.36. The molecular formula is C26H21N5O3S2. The second kappa shape index (κ2) is 9.36. The zero-order chi connectivity index (χ0) is 24.6. The molecule has 0 radical (unpaired) electrons. The van der Waals surface area contributed by atoms with Crippen LogP contribution < -0.4 is 5.56 Å². The Morgan fingerprint density at radius 1 is 1.11 bits per heavy atom. The quantitative estimate of drug-likeness (QED) is 0.148. The molecule has 5 aromatic rings. The number of aromatic hydroxyl groups is 1. The van der Waals surface area contributed by atoms with Crippen molar-refractivity contribution < 1.29 is 9.90 Å². The number of nitrogens with one attached hydrogen (secondary N) is 2. The van der Waals surface area contributed by atoms with Gasteiger partial charge in [0.05, 0.1) is 16.7 Å². The van der Waals surface area contributed by atoms with Crippen molar-refractivity contribution in [2.24, 2.45) is 10.2 Å². The van der Waals surface area contributed by atoms with Crippen LogP contribution in [0.5, 0.6) is 5.88 Å². The summed E-state index contributed by atoms with van der Waals surface area (Å²) in [5.41, 5.74) is 5.37. The summed E-state index contributed by atoms with van der Waals surface area (Å²) in [4.78, 5) is 36.1. The summed E-state index contributed by atoms with van der Waals surface area (Å²) >= 11 is 2.51. The minimum atomic E-state index is -0.506. The lowest BCUT2D eigenvalue weighted by Crippen LogP contribution is -2.09. The van der Waals surface area contributed by atoms with E-state index in [4.69, 9.17) is 0 Å². The van der Waals surface area contributed by atoms with Gasteiger partial charge in [-0.25, -0.2) is 4.98 Å². The van der Waals surface area contributed by atoms with Crippen LogP contribution in [0.2, 0.25) is 0 Å². The number of rotatable bonds is 5. The van der Waals surface area contributed by atoms with Crippen LogP contribution in [0.1, 0.15) is 24.0 Å². The third kappa shape index (κ3) is 4.22. The van der Waals surface area contributed by atoms with Crippen LogP contribution >= 0.6 is 23.1 Å². The molecule has 3 aromatic heterocycles. The Morgan fingerprint density at radius 3 is 2.83 bits per heavy atom. The maximum atomic E-state index is 13.0. The number of thioether (sulfide) groups is 1. The van der Waals surface area contributed by atoms with Gasteiger partial charge < -0.3 is 15.1 Å². The van der Waals surface area contributed by atoms with E-state index in [0.717, 1.165) is 35.7 Å². The number of azo groups is 1. The molecule has 0 unspecified atom stereocenters. The summed E-state index contributed by atoms with van der Waals surface area (Å²) in [7, 11) is 0. The lowest BCUT2D eigenvalue weighted by molar-refractivity contribution is -0.115. The van der Waals surface area contributed by atoms with Crippen molar-refractivity contribution in [1.82, 2.24) is 15.0 Å². The first-order valence-electron chi connectivity index (χ1n) is 11.6. The van der Waals surface area contributed by atoms with Crippen LogP contribution in [-0.4, -0.2) is 31.7 Å². The third-order valence-corrected chi connectivity index (χ3v) is 8.07. The number of H-pyrrole nitrogens is 2. The smallest absolute Gasteiger partial charge is 0.275 e. The van der Waals surface area contributed by atoms with Crippen LogP contribution in [0.3, 0.4) is 0 Å². The fourth-order valence-corrected chi connectivity index (χ4v) is 6.23. The topological polar surface area (TPSA) is 124 Å². The summed E-state index contributed by atoms with van der Waals surface area (Å²) in [6.07, 6.45) is 4.62. The molecule has 10 heteroatoms. The van der Waals surface area contributed by atoms with Crippen molar-refractivity contribution in [3.8, 4) is 17.0 Å². The van der Waals surface area contributed by atoms with E-state index >= 15 is 0 Å². The number of hydrogen-bond donors (Lipinski definition) is 3. The molecule has 0 fully saturated rings. The first-order chi connectivity index (χ1) is 17.6. The minimum Gasteiger partial charge on any atom is -0.493 e. The van der Waals surface area contributed by atoms with Crippen LogP contribution in [0.25, 0.3) is 32.2 Å². The van der Waals surface area contributed by atoms with Crippen molar-refractivity contribution >= 4 is 55.8 Å². The van der Waals surface area contributed by atoms with Crippen LogP contribution in [-0.2, 0) is 17.6 Å². The Bertz CT molecular complexity index is 1720. The predicted octanol–water partition coefficient (Wildman–Crippen LogP) is 6.12. The van der Waals surface area contributed by atoms with E-state index in [1.165, 1.54) is 35.3 Å². The second-order valence-electron chi connectivity index (χ2n) is 8.64. The molecule has 1 aliphatic carbocycles. The van der Waals surface area contributed by atoms with E-state index in [-0.39, 0.29) is 22.9 Å². The summed E-state index contributed by atoms with van der Waals surface area (Å²) in [6.45, 7) is 0. The van der Waals surface area contributed by atoms with Crippen LogP contribution in [0.4, 0.5) is 5.69 Å². The van der Waals surface area contributed by atoms with Gasteiger partial charge in [0.2, 0.25) is 5.88 Å². The monoisotopic (exact) mass is 515 g/mol. The average molecular weight is 516 g/mol. The Balaban J connectivity index is 1.20. The van der Waals surface area contributed by atoms with Crippen LogP contribution in [0, 0.1) is 0 Å².